The molecule has 3 nitrogen and oxygen atoms in total. The van der Waals surface area contributed by atoms with Gasteiger partial charge in [0.05, 0.1) is 0 Å². The van der Waals surface area contributed by atoms with Gasteiger partial charge in [-0.05, 0) is 75.9 Å². The Morgan fingerprint density at radius 3 is 3.21 bits per heavy atom. The zero-order valence-corrected chi connectivity index (χ0v) is 11.9. The van der Waals surface area contributed by atoms with E-state index in [1.165, 1.54) is 49.9 Å². The van der Waals surface area contributed by atoms with Crippen molar-refractivity contribution in [3.63, 3.8) is 0 Å². The average Bonchev–Trinajstić information content (AvgIpc) is 2.88. The van der Waals surface area contributed by atoms with Crippen LogP contribution in [0.15, 0.2) is 18.5 Å². The SMILES string of the molecule is Cc1cnccc1CCN[C@H]1CCN2CCC[C@H]2C1. The summed E-state index contributed by atoms with van der Waals surface area (Å²) in [6, 6.07) is 3.76. The number of hydrogen-bond donors (Lipinski definition) is 1. The lowest BCUT2D eigenvalue weighted by atomic mass is 9.97. The van der Waals surface area contributed by atoms with Crippen LogP contribution >= 0.6 is 0 Å². The third kappa shape index (κ3) is 3.15. The minimum absolute atomic E-state index is 0.737. The third-order valence-corrected chi connectivity index (χ3v) is 4.78. The summed E-state index contributed by atoms with van der Waals surface area (Å²) in [5.41, 5.74) is 2.75. The largest absolute Gasteiger partial charge is 0.314 e. The van der Waals surface area contributed by atoms with E-state index in [1.807, 2.05) is 12.4 Å². The van der Waals surface area contributed by atoms with Crippen molar-refractivity contribution in [2.45, 2.75) is 51.1 Å². The van der Waals surface area contributed by atoms with Crippen molar-refractivity contribution in [3.8, 4) is 0 Å². The summed E-state index contributed by atoms with van der Waals surface area (Å²) in [5.74, 6) is 0. The number of hydrogen-bond acceptors (Lipinski definition) is 3. The molecular weight excluding hydrogens is 234 g/mol. The molecule has 0 radical (unpaired) electrons. The second-order valence-corrected chi connectivity index (χ2v) is 6.06. The minimum atomic E-state index is 0.737. The summed E-state index contributed by atoms with van der Waals surface area (Å²) in [7, 11) is 0. The molecule has 0 aromatic carbocycles. The Labute approximate surface area is 116 Å². The molecule has 2 aliphatic rings. The van der Waals surface area contributed by atoms with Crippen LogP contribution in [0.2, 0.25) is 0 Å². The van der Waals surface area contributed by atoms with Crippen molar-refractivity contribution < 1.29 is 0 Å². The molecule has 3 heterocycles. The van der Waals surface area contributed by atoms with E-state index in [0.29, 0.717) is 0 Å². The summed E-state index contributed by atoms with van der Waals surface area (Å²) in [6.07, 6.45) is 10.5. The Balaban J connectivity index is 1.44. The van der Waals surface area contributed by atoms with Crippen molar-refractivity contribution in [1.29, 1.82) is 0 Å². The maximum Gasteiger partial charge on any atom is 0.0299 e. The molecule has 1 aromatic heterocycles. The van der Waals surface area contributed by atoms with E-state index in [2.05, 4.69) is 28.2 Å². The van der Waals surface area contributed by atoms with Crippen molar-refractivity contribution in [3.05, 3.63) is 29.6 Å². The van der Waals surface area contributed by atoms with Gasteiger partial charge in [0.25, 0.3) is 0 Å². The predicted octanol–water partition coefficient (Wildman–Crippen LogP) is 2.15. The summed E-state index contributed by atoms with van der Waals surface area (Å²) in [6.45, 7) is 5.89. The predicted molar refractivity (Wildman–Crippen MR) is 78.3 cm³/mol. The van der Waals surface area contributed by atoms with Crippen LogP contribution in [0.4, 0.5) is 0 Å². The van der Waals surface area contributed by atoms with E-state index >= 15 is 0 Å². The number of piperidine rings is 1. The molecule has 3 heteroatoms. The number of aryl methyl sites for hydroxylation is 1. The van der Waals surface area contributed by atoms with Gasteiger partial charge in [0.2, 0.25) is 0 Å². The molecule has 3 rings (SSSR count). The molecule has 0 saturated carbocycles. The summed E-state index contributed by atoms with van der Waals surface area (Å²) in [5, 5.41) is 3.76. The summed E-state index contributed by atoms with van der Waals surface area (Å²) in [4.78, 5) is 6.84. The number of aromatic nitrogens is 1. The van der Waals surface area contributed by atoms with Crippen molar-refractivity contribution in [2.24, 2.45) is 0 Å². The molecule has 0 amide bonds. The molecule has 2 fully saturated rings. The molecule has 2 aliphatic heterocycles. The van der Waals surface area contributed by atoms with Gasteiger partial charge in [-0.25, -0.2) is 0 Å². The van der Waals surface area contributed by atoms with E-state index in [9.17, 15) is 0 Å². The molecular formula is C16H25N3. The molecule has 0 aliphatic carbocycles. The number of nitrogens with one attached hydrogen (secondary N) is 1. The first-order valence-corrected chi connectivity index (χ1v) is 7.70. The normalized spacial score (nSPS) is 27.4. The number of rotatable bonds is 4. The smallest absolute Gasteiger partial charge is 0.0299 e. The van der Waals surface area contributed by atoms with Crippen LogP contribution in [0.1, 0.15) is 36.8 Å². The fourth-order valence-electron chi connectivity index (χ4n) is 3.60. The quantitative estimate of drug-likeness (QED) is 0.898. The van der Waals surface area contributed by atoms with E-state index in [-0.39, 0.29) is 0 Å². The maximum absolute atomic E-state index is 4.15. The molecule has 104 valence electrons. The molecule has 19 heavy (non-hydrogen) atoms. The Kier molecular flexibility index (Phi) is 4.14. The van der Waals surface area contributed by atoms with E-state index < -0.39 is 0 Å². The lowest BCUT2D eigenvalue weighted by molar-refractivity contribution is 0.167. The molecule has 1 aromatic rings. The zero-order valence-electron chi connectivity index (χ0n) is 11.9. The van der Waals surface area contributed by atoms with Crippen LogP contribution in [-0.4, -0.2) is 41.6 Å². The Bertz CT molecular complexity index is 418. The maximum atomic E-state index is 4.15. The minimum Gasteiger partial charge on any atom is -0.314 e. The second kappa shape index (κ2) is 6.02. The van der Waals surface area contributed by atoms with Crippen LogP contribution in [-0.2, 0) is 6.42 Å². The fourth-order valence-corrected chi connectivity index (χ4v) is 3.60. The van der Waals surface area contributed by atoms with Crippen molar-refractivity contribution in [2.75, 3.05) is 19.6 Å². The summed E-state index contributed by atoms with van der Waals surface area (Å²) >= 11 is 0. The molecule has 0 spiro atoms. The molecule has 1 N–H and O–H groups in total. The topological polar surface area (TPSA) is 28.2 Å². The highest BCUT2D eigenvalue weighted by atomic mass is 15.2. The fraction of sp³-hybridized carbons (Fsp3) is 0.688. The van der Waals surface area contributed by atoms with Gasteiger partial charge in [-0.3, -0.25) is 4.98 Å². The third-order valence-electron chi connectivity index (χ3n) is 4.78. The number of fused-ring (bicyclic) bond motifs is 1. The highest BCUT2D eigenvalue weighted by Gasteiger charge is 2.31. The van der Waals surface area contributed by atoms with Crippen LogP contribution in [0, 0.1) is 6.92 Å². The van der Waals surface area contributed by atoms with Gasteiger partial charge < -0.3 is 10.2 Å². The van der Waals surface area contributed by atoms with Gasteiger partial charge in [-0.1, -0.05) is 0 Å². The van der Waals surface area contributed by atoms with Gasteiger partial charge in [0.1, 0.15) is 0 Å². The van der Waals surface area contributed by atoms with Gasteiger partial charge in [0.15, 0.2) is 0 Å². The Morgan fingerprint density at radius 2 is 2.32 bits per heavy atom. The monoisotopic (exact) mass is 259 g/mol. The van der Waals surface area contributed by atoms with Crippen LogP contribution < -0.4 is 5.32 Å². The van der Waals surface area contributed by atoms with Gasteiger partial charge in [0, 0.05) is 24.5 Å². The van der Waals surface area contributed by atoms with Crippen LogP contribution in [0.5, 0.6) is 0 Å². The van der Waals surface area contributed by atoms with Crippen molar-refractivity contribution in [1.82, 2.24) is 15.2 Å². The van der Waals surface area contributed by atoms with Crippen LogP contribution in [0.3, 0.4) is 0 Å². The molecule has 0 unspecified atom stereocenters. The first-order valence-electron chi connectivity index (χ1n) is 7.70. The van der Waals surface area contributed by atoms with E-state index in [4.69, 9.17) is 0 Å². The Hall–Kier alpha value is -0.930. The van der Waals surface area contributed by atoms with Gasteiger partial charge in [-0.2, -0.15) is 0 Å². The lowest BCUT2D eigenvalue weighted by Gasteiger charge is -2.35. The molecule has 2 atom stereocenters. The van der Waals surface area contributed by atoms with Gasteiger partial charge >= 0.3 is 0 Å². The standard InChI is InChI=1S/C16H25N3/c1-13-12-17-7-4-14(13)5-8-18-15-6-10-19-9-2-3-16(19)11-15/h4,7,12,15-16,18H,2-3,5-6,8-11H2,1H3/t15-,16-/m0/s1. The first-order chi connectivity index (χ1) is 9.33. The molecule has 2 saturated heterocycles. The average molecular weight is 259 g/mol. The van der Waals surface area contributed by atoms with Crippen molar-refractivity contribution >= 4 is 0 Å². The van der Waals surface area contributed by atoms with E-state index in [0.717, 1.165) is 25.0 Å². The number of pyridine rings is 1. The zero-order chi connectivity index (χ0) is 13.1. The second-order valence-electron chi connectivity index (χ2n) is 6.06. The number of nitrogens with zero attached hydrogens (tertiary/aromatic N) is 2. The van der Waals surface area contributed by atoms with E-state index in [1.54, 1.807) is 0 Å². The Morgan fingerprint density at radius 1 is 1.37 bits per heavy atom. The highest BCUT2D eigenvalue weighted by molar-refractivity contribution is 5.21. The molecule has 0 bridgehead atoms. The lowest BCUT2D eigenvalue weighted by Crippen LogP contribution is -2.46. The van der Waals surface area contributed by atoms with Crippen LogP contribution in [0.25, 0.3) is 0 Å². The summed E-state index contributed by atoms with van der Waals surface area (Å²) < 4.78 is 0. The van der Waals surface area contributed by atoms with Gasteiger partial charge in [-0.15, -0.1) is 0 Å². The highest BCUT2D eigenvalue weighted by Crippen LogP contribution is 2.26. The first kappa shape index (κ1) is 13.1.